The Morgan fingerprint density at radius 1 is 1.09 bits per heavy atom. The second-order valence-electron chi connectivity index (χ2n) is 7.37. The number of nitrogens with one attached hydrogen (secondary N) is 1. The van der Waals surface area contributed by atoms with Crippen molar-refractivity contribution in [3.8, 4) is 11.3 Å². The van der Waals surface area contributed by atoms with Gasteiger partial charge in [-0.15, -0.1) is 0 Å². The van der Waals surface area contributed by atoms with Crippen LogP contribution in [-0.4, -0.2) is 26.3 Å². The third kappa shape index (κ3) is 3.95. The molecule has 5 nitrogen and oxygen atoms in total. The Morgan fingerprint density at radius 3 is 2.81 bits per heavy atom. The molecule has 0 spiro atoms. The lowest BCUT2D eigenvalue weighted by atomic mass is 10.0. The molecular weight excluding hydrogens is 440 g/mol. The smallest absolute Gasteiger partial charge is 0.234 e. The van der Waals surface area contributed by atoms with Crippen molar-refractivity contribution in [2.75, 3.05) is 11.1 Å². The summed E-state index contributed by atoms with van der Waals surface area (Å²) in [5, 5.41) is 11.4. The van der Waals surface area contributed by atoms with E-state index in [1.165, 1.54) is 17.1 Å². The summed E-state index contributed by atoms with van der Waals surface area (Å²) in [5.41, 5.74) is 4.37. The molecule has 0 fully saturated rings. The van der Waals surface area contributed by atoms with Gasteiger partial charge in [0.15, 0.2) is 0 Å². The number of rotatable bonds is 5. The minimum atomic E-state index is -0.113. The van der Waals surface area contributed by atoms with Crippen LogP contribution in [0.3, 0.4) is 0 Å². The van der Waals surface area contributed by atoms with Gasteiger partial charge in [0.1, 0.15) is 5.03 Å². The highest BCUT2D eigenvalue weighted by Gasteiger charge is 2.13. The third-order valence-electron chi connectivity index (χ3n) is 5.30. The van der Waals surface area contributed by atoms with Crippen molar-refractivity contribution in [3.05, 3.63) is 89.7 Å². The van der Waals surface area contributed by atoms with Crippen molar-refractivity contribution in [1.82, 2.24) is 14.6 Å². The summed E-state index contributed by atoms with van der Waals surface area (Å²) >= 11 is 7.53. The summed E-state index contributed by atoms with van der Waals surface area (Å²) in [6.45, 7) is 1.88. The minimum absolute atomic E-state index is 0.113. The molecule has 0 saturated carbocycles. The molecule has 0 bridgehead atoms. The first-order valence-electron chi connectivity index (χ1n) is 10.1. The van der Waals surface area contributed by atoms with Crippen LogP contribution >= 0.6 is 23.4 Å². The summed E-state index contributed by atoms with van der Waals surface area (Å²) in [6.07, 6.45) is 3.53. The number of aromatic nitrogens is 3. The Kier molecular flexibility index (Phi) is 5.55. The van der Waals surface area contributed by atoms with Gasteiger partial charge in [0, 0.05) is 28.7 Å². The number of nitrogens with zero attached hydrogens (tertiary/aromatic N) is 3. The fourth-order valence-corrected chi connectivity index (χ4v) is 4.60. The molecule has 0 saturated heterocycles. The molecule has 0 aliphatic heterocycles. The number of anilines is 1. The summed E-state index contributed by atoms with van der Waals surface area (Å²) in [5.74, 6) is 0.117. The van der Waals surface area contributed by atoms with Gasteiger partial charge in [-0.1, -0.05) is 71.9 Å². The Hall–Kier alpha value is -3.35. The topological polar surface area (TPSA) is 59.3 Å². The fraction of sp³-hybridized carbons (Fsp3) is 0.0800. The highest BCUT2D eigenvalue weighted by molar-refractivity contribution is 8.00. The predicted molar refractivity (Wildman–Crippen MR) is 131 cm³/mol. The fourth-order valence-electron chi connectivity index (χ4n) is 3.65. The molecule has 1 amide bonds. The maximum absolute atomic E-state index is 12.5. The molecule has 32 heavy (non-hydrogen) atoms. The van der Waals surface area contributed by atoms with Gasteiger partial charge in [-0.3, -0.25) is 4.79 Å². The van der Waals surface area contributed by atoms with Gasteiger partial charge < -0.3 is 5.32 Å². The number of fused-ring (bicyclic) bond motifs is 2. The average Bonchev–Trinajstić information content (AvgIpc) is 3.25. The van der Waals surface area contributed by atoms with Crippen molar-refractivity contribution in [2.24, 2.45) is 0 Å². The van der Waals surface area contributed by atoms with Crippen LogP contribution in [0.15, 0.2) is 84.1 Å². The van der Waals surface area contributed by atoms with Crippen molar-refractivity contribution >= 4 is 51.2 Å². The Labute approximate surface area is 194 Å². The van der Waals surface area contributed by atoms with Crippen LogP contribution < -0.4 is 5.32 Å². The largest absolute Gasteiger partial charge is 0.325 e. The molecule has 2 aromatic heterocycles. The molecule has 1 N–H and O–H groups in total. The number of halogens is 1. The SMILES string of the molecule is Cc1c(Cl)cccc1NC(=O)CSc1nccn2nc(-c3cccc4ccccc34)cc12. The monoisotopic (exact) mass is 458 g/mol. The lowest BCUT2D eigenvalue weighted by molar-refractivity contribution is -0.113. The summed E-state index contributed by atoms with van der Waals surface area (Å²) < 4.78 is 1.81. The molecule has 0 unspecified atom stereocenters. The first-order valence-corrected chi connectivity index (χ1v) is 11.5. The van der Waals surface area contributed by atoms with E-state index in [2.05, 4.69) is 34.6 Å². The lowest BCUT2D eigenvalue weighted by Gasteiger charge is -2.09. The zero-order valence-corrected chi connectivity index (χ0v) is 18.8. The van der Waals surface area contributed by atoms with Crippen molar-refractivity contribution in [2.45, 2.75) is 11.9 Å². The highest BCUT2D eigenvalue weighted by Crippen LogP contribution is 2.31. The van der Waals surface area contributed by atoms with E-state index in [1.807, 2.05) is 54.0 Å². The van der Waals surface area contributed by atoms with E-state index < -0.39 is 0 Å². The molecule has 0 radical (unpaired) electrons. The molecule has 7 heteroatoms. The number of carbonyl (C=O) groups is 1. The van der Waals surface area contributed by atoms with Crippen LogP contribution in [0.4, 0.5) is 5.69 Å². The number of hydrogen-bond acceptors (Lipinski definition) is 4. The Morgan fingerprint density at radius 2 is 1.91 bits per heavy atom. The third-order valence-corrected chi connectivity index (χ3v) is 6.71. The molecule has 158 valence electrons. The van der Waals surface area contributed by atoms with Crippen LogP contribution in [-0.2, 0) is 4.79 Å². The van der Waals surface area contributed by atoms with Gasteiger partial charge in [-0.2, -0.15) is 5.10 Å². The average molecular weight is 459 g/mol. The van der Waals surface area contributed by atoms with Gasteiger partial charge >= 0.3 is 0 Å². The van der Waals surface area contributed by atoms with Crippen LogP contribution in [0, 0.1) is 6.92 Å². The molecule has 0 aliphatic carbocycles. The highest BCUT2D eigenvalue weighted by atomic mass is 35.5. The number of benzene rings is 3. The van der Waals surface area contributed by atoms with Crippen LogP contribution in [0.25, 0.3) is 27.5 Å². The molecular formula is C25H19ClN4OS. The van der Waals surface area contributed by atoms with Crippen LogP contribution in [0.2, 0.25) is 5.02 Å². The predicted octanol–water partition coefficient (Wildman–Crippen LogP) is 6.24. The van der Waals surface area contributed by atoms with Crippen LogP contribution in [0.5, 0.6) is 0 Å². The van der Waals surface area contributed by atoms with E-state index in [0.717, 1.165) is 38.4 Å². The Balaban J connectivity index is 1.40. The molecule has 5 rings (SSSR count). The summed E-state index contributed by atoms with van der Waals surface area (Å²) in [4.78, 5) is 17.0. The van der Waals surface area contributed by atoms with E-state index in [0.29, 0.717) is 5.02 Å². The maximum atomic E-state index is 12.5. The first kappa shape index (κ1) is 20.5. The van der Waals surface area contributed by atoms with Gasteiger partial charge in [0.05, 0.1) is 17.0 Å². The molecule has 3 aromatic carbocycles. The zero-order chi connectivity index (χ0) is 22.1. The van der Waals surface area contributed by atoms with E-state index in [1.54, 1.807) is 12.3 Å². The van der Waals surface area contributed by atoms with Crippen molar-refractivity contribution in [1.29, 1.82) is 0 Å². The van der Waals surface area contributed by atoms with Gasteiger partial charge in [0.25, 0.3) is 0 Å². The molecule has 0 atom stereocenters. The number of amides is 1. The molecule has 0 aliphatic rings. The lowest BCUT2D eigenvalue weighted by Crippen LogP contribution is -2.15. The standard InChI is InChI=1S/C25H19ClN4OS/c1-16-20(26)10-5-11-21(16)28-24(31)15-32-25-23-14-22(29-30(23)13-12-27-25)19-9-4-7-17-6-2-3-8-18(17)19/h2-14H,15H2,1H3,(H,28,31). The van der Waals surface area contributed by atoms with Gasteiger partial charge in [-0.25, -0.2) is 9.50 Å². The minimum Gasteiger partial charge on any atom is -0.325 e. The number of hydrogen-bond donors (Lipinski definition) is 1. The number of carbonyl (C=O) groups excluding carboxylic acids is 1. The van der Waals surface area contributed by atoms with Gasteiger partial charge in [-0.05, 0) is 41.5 Å². The van der Waals surface area contributed by atoms with E-state index in [-0.39, 0.29) is 11.7 Å². The molecule has 2 heterocycles. The van der Waals surface area contributed by atoms with E-state index in [4.69, 9.17) is 16.7 Å². The second-order valence-corrected chi connectivity index (χ2v) is 8.74. The van der Waals surface area contributed by atoms with Crippen LogP contribution in [0.1, 0.15) is 5.56 Å². The Bertz CT molecular complexity index is 1460. The quantitative estimate of drug-likeness (QED) is 0.316. The van der Waals surface area contributed by atoms with Crippen molar-refractivity contribution in [3.63, 3.8) is 0 Å². The second kappa shape index (κ2) is 8.65. The maximum Gasteiger partial charge on any atom is 0.234 e. The summed E-state index contributed by atoms with van der Waals surface area (Å²) in [7, 11) is 0. The summed E-state index contributed by atoms with van der Waals surface area (Å²) in [6, 6.07) is 22.0. The van der Waals surface area contributed by atoms with Gasteiger partial charge in [0.2, 0.25) is 5.91 Å². The zero-order valence-electron chi connectivity index (χ0n) is 17.2. The van der Waals surface area contributed by atoms with Crippen molar-refractivity contribution < 1.29 is 4.79 Å². The van der Waals surface area contributed by atoms with E-state index >= 15 is 0 Å². The first-order chi connectivity index (χ1) is 15.6. The van der Waals surface area contributed by atoms with E-state index in [9.17, 15) is 4.79 Å². The molecule has 5 aromatic rings. The normalized spacial score (nSPS) is 11.2. The number of thioether (sulfide) groups is 1.